The van der Waals surface area contributed by atoms with Crippen LogP contribution >= 0.6 is 0 Å². The highest BCUT2D eigenvalue weighted by Crippen LogP contribution is 2.52. The van der Waals surface area contributed by atoms with Crippen molar-refractivity contribution in [2.75, 3.05) is 6.54 Å². The second-order valence-electron chi connectivity index (χ2n) is 4.32. The van der Waals surface area contributed by atoms with Crippen LogP contribution in [0.4, 0.5) is 0 Å². The first-order valence-electron chi connectivity index (χ1n) is 5.61. The average molecular weight is 189 g/mol. The van der Waals surface area contributed by atoms with E-state index in [1.54, 1.807) is 0 Å². The SMILES string of the molecule is CCC(CN)C1CC1c1ccccc1. The molecule has 1 saturated carbocycles. The summed E-state index contributed by atoms with van der Waals surface area (Å²) in [5, 5.41) is 0. The van der Waals surface area contributed by atoms with Gasteiger partial charge in [-0.2, -0.15) is 0 Å². The molecule has 0 spiro atoms. The van der Waals surface area contributed by atoms with Gasteiger partial charge in [0.15, 0.2) is 0 Å². The van der Waals surface area contributed by atoms with Gasteiger partial charge in [-0.25, -0.2) is 0 Å². The zero-order valence-electron chi connectivity index (χ0n) is 8.82. The van der Waals surface area contributed by atoms with Crippen molar-refractivity contribution >= 4 is 0 Å². The smallest absolute Gasteiger partial charge is 0.00461 e. The fourth-order valence-electron chi connectivity index (χ4n) is 2.46. The third-order valence-electron chi connectivity index (χ3n) is 3.50. The first kappa shape index (κ1) is 9.72. The minimum absolute atomic E-state index is 0.736. The molecule has 0 amide bonds. The van der Waals surface area contributed by atoms with Crippen molar-refractivity contribution in [1.29, 1.82) is 0 Å². The second kappa shape index (κ2) is 4.14. The number of hydrogen-bond donors (Lipinski definition) is 1. The van der Waals surface area contributed by atoms with E-state index in [0.29, 0.717) is 0 Å². The summed E-state index contributed by atoms with van der Waals surface area (Å²) in [5.41, 5.74) is 7.27. The Morgan fingerprint density at radius 1 is 1.36 bits per heavy atom. The van der Waals surface area contributed by atoms with Gasteiger partial charge in [-0.05, 0) is 36.3 Å². The second-order valence-corrected chi connectivity index (χ2v) is 4.32. The molecular weight excluding hydrogens is 170 g/mol. The monoisotopic (exact) mass is 189 g/mol. The molecule has 0 bridgehead atoms. The Hall–Kier alpha value is -0.820. The van der Waals surface area contributed by atoms with Crippen molar-refractivity contribution in [3.8, 4) is 0 Å². The van der Waals surface area contributed by atoms with Gasteiger partial charge >= 0.3 is 0 Å². The normalized spacial score (nSPS) is 27.3. The summed E-state index contributed by atoms with van der Waals surface area (Å²) in [6, 6.07) is 10.8. The van der Waals surface area contributed by atoms with Crippen LogP contribution in [0.15, 0.2) is 30.3 Å². The highest BCUT2D eigenvalue weighted by molar-refractivity contribution is 5.26. The third kappa shape index (κ3) is 1.83. The van der Waals surface area contributed by atoms with Crippen LogP contribution in [0.2, 0.25) is 0 Å². The maximum Gasteiger partial charge on any atom is -0.00461 e. The lowest BCUT2D eigenvalue weighted by Crippen LogP contribution is -2.15. The molecule has 14 heavy (non-hydrogen) atoms. The molecule has 1 aliphatic rings. The van der Waals surface area contributed by atoms with Crippen molar-refractivity contribution in [3.05, 3.63) is 35.9 Å². The number of hydrogen-bond acceptors (Lipinski definition) is 1. The Balaban J connectivity index is 1.99. The fraction of sp³-hybridized carbons (Fsp3) is 0.538. The van der Waals surface area contributed by atoms with Crippen LogP contribution in [-0.4, -0.2) is 6.54 Å². The van der Waals surface area contributed by atoms with Crippen molar-refractivity contribution in [1.82, 2.24) is 0 Å². The van der Waals surface area contributed by atoms with E-state index in [1.165, 1.54) is 18.4 Å². The molecule has 3 unspecified atom stereocenters. The zero-order valence-corrected chi connectivity index (χ0v) is 8.82. The molecule has 76 valence electrons. The summed E-state index contributed by atoms with van der Waals surface area (Å²) < 4.78 is 0. The molecule has 1 aliphatic carbocycles. The third-order valence-corrected chi connectivity index (χ3v) is 3.50. The lowest BCUT2D eigenvalue weighted by Gasteiger charge is -2.11. The standard InChI is InChI=1S/C13H19N/c1-2-10(9-14)12-8-13(12)11-6-4-3-5-7-11/h3-7,10,12-13H,2,8-9,14H2,1H3. The van der Waals surface area contributed by atoms with E-state index in [0.717, 1.165) is 24.3 Å². The van der Waals surface area contributed by atoms with Crippen molar-refractivity contribution in [2.45, 2.75) is 25.7 Å². The molecule has 1 fully saturated rings. The molecule has 0 aliphatic heterocycles. The van der Waals surface area contributed by atoms with Gasteiger partial charge in [0.05, 0.1) is 0 Å². The highest BCUT2D eigenvalue weighted by Gasteiger charge is 2.42. The fourth-order valence-corrected chi connectivity index (χ4v) is 2.46. The summed E-state index contributed by atoms with van der Waals surface area (Å²) in [5.74, 6) is 2.39. The highest BCUT2D eigenvalue weighted by atomic mass is 14.6. The Bertz CT molecular complexity index is 277. The molecule has 0 saturated heterocycles. The maximum atomic E-state index is 5.76. The largest absolute Gasteiger partial charge is 0.330 e. The van der Waals surface area contributed by atoms with Gasteiger partial charge in [0, 0.05) is 0 Å². The Kier molecular flexibility index (Phi) is 2.87. The van der Waals surface area contributed by atoms with Gasteiger partial charge in [0.2, 0.25) is 0 Å². The molecule has 2 rings (SSSR count). The first-order valence-corrected chi connectivity index (χ1v) is 5.61. The summed E-state index contributed by atoms with van der Waals surface area (Å²) in [7, 11) is 0. The van der Waals surface area contributed by atoms with E-state index in [2.05, 4.69) is 37.3 Å². The van der Waals surface area contributed by atoms with Crippen LogP contribution in [-0.2, 0) is 0 Å². The number of rotatable bonds is 4. The first-order chi connectivity index (χ1) is 6.86. The molecule has 0 aromatic heterocycles. The van der Waals surface area contributed by atoms with Crippen molar-refractivity contribution in [3.63, 3.8) is 0 Å². The van der Waals surface area contributed by atoms with Crippen LogP contribution in [0.3, 0.4) is 0 Å². The molecule has 1 heteroatoms. The van der Waals surface area contributed by atoms with Gasteiger partial charge in [-0.15, -0.1) is 0 Å². The van der Waals surface area contributed by atoms with Crippen LogP contribution in [0.5, 0.6) is 0 Å². The molecule has 0 radical (unpaired) electrons. The van der Waals surface area contributed by atoms with E-state index in [-0.39, 0.29) is 0 Å². The summed E-state index contributed by atoms with van der Waals surface area (Å²) in [6.45, 7) is 3.10. The lowest BCUT2D eigenvalue weighted by atomic mass is 9.97. The molecular formula is C13H19N. The van der Waals surface area contributed by atoms with E-state index < -0.39 is 0 Å². The van der Waals surface area contributed by atoms with Crippen LogP contribution in [0.25, 0.3) is 0 Å². The van der Waals surface area contributed by atoms with Gasteiger partial charge in [0.25, 0.3) is 0 Å². The number of nitrogens with two attached hydrogens (primary N) is 1. The van der Waals surface area contributed by atoms with Gasteiger partial charge in [0.1, 0.15) is 0 Å². The Labute approximate surface area is 86.3 Å². The van der Waals surface area contributed by atoms with Gasteiger partial charge < -0.3 is 5.73 Å². The Morgan fingerprint density at radius 3 is 2.64 bits per heavy atom. The topological polar surface area (TPSA) is 26.0 Å². The van der Waals surface area contributed by atoms with Crippen LogP contribution in [0.1, 0.15) is 31.2 Å². The van der Waals surface area contributed by atoms with E-state index in [4.69, 9.17) is 5.73 Å². The molecule has 1 aromatic carbocycles. The molecule has 1 nitrogen and oxygen atoms in total. The maximum absolute atomic E-state index is 5.76. The molecule has 2 N–H and O–H groups in total. The average Bonchev–Trinajstić information content (AvgIpc) is 3.01. The summed E-state index contributed by atoms with van der Waals surface area (Å²) in [4.78, 5) is 0. The quantitative estimate of drug-likeness (QED) is 0.774. The van der Waals surface area contributed by atoms with Gasteiger partial charge in [-0.3, -0.25) is 0 Å². The predicted octanol–water partition coefficient (Wildman–Crippen LogP) is 2.78. The van der Waals surface area contributed by atoms with Crippen LogP contribution < -0.4 is 5.73 Å². The van der Waals surface area contributed by atoms with E-state index in [1.807, 2.05) is 0 Å². The van der Waals surface area contributed by atoms with E-state index in [9.17, 15) is 0 Å². The van der Waals surface area contributed by atoms with E-state index >= 15 is 0 Å². The Morgan fingerprint density at radius 2 is 2.07 bits per heavy atom. The molecule has 1 aromatic rings. The molecule has 0 heterocycles. The summed E-state index contributed by atoms with van der Waals surface area (Å²) >= 11 is 0. The summed E-state index contributed by atoms with van der Waals surface area (Å²) in [6.07, 6.45) is 2.57. The van der Waals surface area contributed by atoms with Crippen molar-refractivity contribution in [2.24, 2.45) is 17.6 Å². The van der Waals surface area contributed by atoms with Crippen molar-refractivity contribution < 1.29 is 0 Å². The molecule has 3 atom stereocenters. The van der Waals surface area contributed by atoms with Crippen LogP contribution in [0, 0.1) is 11.8 Å². The lowest BCUT2D eigenvalue weighted by molar-refractivity contribution is 0.449. The predicted molar refractivity (Wildman–Crippen MR) is 60.1 cm³/mol. The zero-order chi connectivity index (χ0) is 9.97. The van der Waals surface area contributed by atoms with Gasteiger partial charge in [-0.1, -0.05) is 43.7 Å². The minimum atomic E-state index is 0.736. The minimum Gasteiger partial charge on any atom is -0.330 e. The number of benzene rings is 1.